The highest BCUT2D eigenvalue weighted by atomic mass is 19.4. The molecule has 0 unspecified atom stereocenters. The number of hydrogen-bond acceptors (Lipinski definition) is 6. The number of hydrogen-bond donors (Lipinski definition) is 1. The van der Waals surface area contributed by atoms with Crippen molar-refractivity contribution in [3.63, 3.8) is 0 Å². The summed E-state index contributed by atoms with van der Waals surface area (Å²) in [6.45, 7) is 3.98. The maximum Gasteiger partial charge on any atom is 0.433 e. The van der Waals surface area contributed by atoms with Crippen LogP contribution in [0.25, 0.3) is 0 Å². The van der Waals surface area contributed by atoms with Crippen LogP contribution in [0.15, 0.2) is 24.5 Å². The highest BCUT2D eigenvalue weighted by molar-refractivity contribution is 5.42. The average Bonchev–Trinajstić information content (AvgIpc) is 2.47. The van der Waals surface area contributed by atoms with E-state index in [9.17, 15) is 13.2 Å². The van der Waals surface area contributed by atoms with Gasteiger partial charge in [-0.2, -0.15) is 18.3 Å². The fraction of sp³-hybridized carbons (Fsp3) is 0.429. The quantitative estimate of drug-likeness (QED) is 0.929. The average molecular weight is 324 g/mol. The molecule has 0 aromatic carbocycles. The van der Waals surface area contributed by atoms with Gasteiger partial charge in [-0.15, -0.1) is 5.10 Å². The molecule has 0 radical (unpaired) electrons. The summed E-state index contributed by atoms with van der Waals surface area (Å²) in [5.74, 6) is 1.32. The third kappa shape index (κ3) is 3.66. The summed E-state index contributed by atoms with van der Waals surface area (Å²) in [4.78, 5) is 9.11. The van der Waals surface area contributed by atoms with Gasteiger partial charge in [-0.3, -0.25) is 0 Å². The molecule has 6 nitrogen and oxygen atoms in total. The molecule has 3 heterocycles. The van der Waals surface area contributed by atoms with Gasteiger partial charge in [0.05, 0.1) is 5.69 Å². The van der Waals surface area contributed by atoms with Gasteiger partial charge >= 0.3 is 6.18 Å². The number of nitrogens with one attached hydrogen (secondary N) is 1. The van der Waals surface area contributed by atoms with Crippen molar-refractivity contribution in [2.45, 2.75) is 13.1 Å². The largest absolute Gasteiger partial charge is 0.433 e. The van der Waals surface area contributed by atoms with E-state index in [1.54, 1.807) is 0 Å². The van der Waals surface area contributed by atoms with Gasteiger partial charge in [0, 0.05) is 31.6 Å². The standard InChI is InChI=1S/C14H15F3N6/c1-9-2-3-13(22-21-9)23-6-10(7-23)5-18-12-4-11(14(15,16)17)19-8-20-12/h2-4,8,10H,5-7H2,1H3,(H,18,19,20). The topological polar surface area (TPSA) is 66.8 Å². The minimum absolute atomic E-state index is 0.181. The van der Waals surface area contributed by atoms with Crippen LogP contribution < -0.4 is 10.2 Å². The highest BCUT2D eigenvalue weighted by Gasteiger charge is 2.33. The Hall–Kier alpha value is -2.45. The fourth-order valence-corrected chi connectivity index (χ4v) is 2.30. The first-order chi connectivity index (χ1) is 10.9. The van der Waals surface area contributed by atoms with Crippen molar-refractivity contribution < 1.29 is 13.2 Å². The first-order valence-electron chi connectivity index (χ1n) is 7.10. The molecule has 23 heavy (non-hydrogen) atoms. The maximum absolute atomic E-state index is 12.6. The second kappa shape index (κ2) is 5.98. The number of rotatable bonds is 4. The zero-order chi connectivity index (χ0) is 16.4. The van der Waals surface area contributed by atoms with E-state index in [1.165, 1.54) is 0 Å². The van der Waals surface area contributed by atoms with Crippen LogP contribution in [0.3, 0.4) is 0 Å². The van der Waals surface area contributed by atoms with Crippen LogP contribution in [-0.4, -0.2) is 39.8 Å². The number of aryl methyl sites for hydroxylation is 1. The van der Waals surface area contributed by atoms with Crippen LogP contribution in [-0.2, 0) is 6.18 Å². The Morgan fingerprint density at radius 3 is 2.65 bits per heavy atom. The fourth-order valence-electron chi connectivity index (χ4n) is 2.30. The van der Waals surface area contributed by atoms with E-state index in [-0.39, 0.29) is 5.82 Å². The van der Waals surface area contributed by atoms with Gasteiger partial charge in [-0.1, -0.05) is 0 Å². The molecule has 0 aliphatic carbocycles. The van der Waals surface area contributed by atoms with E-state index in [1.807, 2.05) is 19.1 Å². The van der Waals surface area contributed by atoms with Gasteiger partial charge in [0.1, 0.15) is 17.8 Å². The van der Waals surface area contributed by atoms with Gasteiger partial charge in [0.25, 0.3) is 0 Å². The van der Waals surface area contributed by atoms with Crippen molar-refractivity contribution >= 4 is 11.6 Å². The van der Waals surface area contributed by atoms with Crippen molar-refractivity contribution in [3.8, 4) is 0 Å². The smallest absolute Gasteiger partial charge is 0.370 e. The maximum atomic E-state index is 12.6. The number of halogens is 3. The lowest BCUT2D eigenvalue weighted by atomic mass is 10.0. The molecule has 2 aromatic heterocycles. The molecule has 1 aliphatic rings. The summed E-state index contributed by atoms with van der Waals surface area (Å²) in [5.41, 5.74) is -0.0862. The third-order valence-corrected chi connectivity index (χ3v) is 3.59. The third-order valence-electron chi connectivity index (χ3n) is 3.59. The van der Waals surface area contributed by atoms with Crippen LogP contribution in [0.5, 0.6) is 0 Å². The highest BCUT2D eigenvalue weighted by Crippen LogP contribution is 2.28. The molecular weight excluding hydrogens is 309 g/mol. The Morgan fingerprint density at radius 2 is 2.00 bits per heavy atom. The van der Waals surface area contributed by atoms with Gasteiger partial charge < -0.3 is 10.2 Å². The van der Waals surface area contributed by atoms with Gasteiger partial charge in [0.15, 0.2) is 5.82 Å². The summed E-state index contributed by atoms with van der Waals surface area (Å²) in [6.07, 6.45) is -3.54. The van der Waals surface area contributed by atoms with Crippen molar-refractivity contribution in [1.29, 1.82) is 0 Å². The van der Waals surface area contributed by atoms with Gasteiger partial charge in [0.2, 0.25) is 0 Å². The molecule has 0 amide bonds. The normalized spacial score (nSPS) is 15.4. The molecule has 1 N–H and O–H groups in total. The molecule has 0 bridgehead atoms. The van der Waals surface area contributed by atoms with E-state index >= 15 is 0 Å². The number of anilines is 2. The Bertz CT molecular complexity index is 667. The van der Waals surface area contributed by atoms with Gasteiger partial charge in [-0.05, 0) is 19.1 Å². The van der Waals surface area contributed by atoms with E-state index < -0.39 is 11.9 Å². The molecule has 122 valence electrons. The molecule has 0 atom stereocenters. The second-order valence-corrected chi connectivity index (χ2v) is 5.47. The predicted molar refractivity (Wildman–Crippen MR) is 78.0 cm³/mol. The number of aromatic nitrogens is 4. The molecule has 1 aliphatic heterocycles. The Labute approximate surface area is 130 Å². The van der Waals surface area contributed by atoms with Crippen molar-refractivity contribution in [2.75, 3.05) is 29.9 Å². The number of nitrogens with zero attached hydrogens (tertiary/aromatic N) is 5. The monoisotopic (exact) mass is 324 g/mol. The van der Waals surface area contributed by atoms with E-state index in [0.717, 1.165) is 37.0 Å². The minimum atomic E-state index is -4.46. The SMILES string of the molecule is Cc1ccc(N2CC(CNc3cc(C(F)(F)F)ncn3)C2)nn1. The number of alkyl halides is 3. The van der Waals surface area contributed by atoms with Crippen LogP contribution in [0.2, 0.25) is 0 Å². The summed E-state index contributed by atoms with van der Waals surface area (Å²) in [5, 5.41) is 11.0. The molecular formula is C14H15F3N6. The van der Waals surface area contributed by atoms with Gasteiger partial charge in [-0.25, -0.2) is 9.97 Å². The molecule has 2 aromatic rings. The molecule has 9 heteroatoms. The van der Waals surface area contributed by atoms with E-state index in [0.29, 0.717) is 12.5 Å². The second-order valence-electron chi connectivity index (χ2n) is 5.47. The minimum Gasteiger partial charge on any atom is -0.370 e. The molecule has 1 saturated heterocycles. The zero-order valence-corrected chi connectivity index (χ0v) is 12.4. The summed E-state index contributed by atoms with van der Waals surface area (Å²) in [7, 11) is 0. The van der Waals surface area contributed by atoms with Crippen LogP contribution in [0.4, 0.5) is 24.8 Å². The predicted octanol–water partition coefficient (Wildman–Crippen LogP) is 2.14. The van der Waals surface area contributed by atoms with Crippen molar-refractivity contribution in [2.24, 2.45) is 5.92 Å². The zero-order valence-electron chi connectivity index (χ0n) is 12.4. The van der Waals surface area contributed by atoms with E-state index in [2.05, 4.69) is 30.4 Å². The lowest BCUT2D eigenvalue weighted by molar-refractivity contribution is -0.141. The Kier molecular flexibility index (Phi) is 4.01. The first kappa shape index (κ1) is 15.4. The Morgan fingerprint density at radius 1 is 1.22 bits per heavy atom. The lowest BCUT2D eigenvalue weighted by Crippen LogP contribution is -2.50. The van der Waals surface area contributed by atoms with Crippen LogP contribution in [0.1, 0.15) is 11.4 Å². The lowest BCUT2D eigenvalue weighted by Gasteiger charge is -2.40. The van der Waals surface area contributed by atoms with Crippen LogP contribution in [0, 0.1) is 12.8 Å². The van der Waals surface area contributed by atoms with Crippen molar-refractivity contribution in [3.05, 3.63) is 35.9 Å². The van der Waals surface area contributed by atoms with E-state index in [4.69, 9.17) is 0 Å². The summed E-state index contributed by atoms with van der Waals surface area (Å²) in [6, 6.07) is 4.72. The Balaban J connectivity index is 1.50. The molecule has 0 saturated carbocycles. The van der Waals surface area contributed by atoms with Crippen molar-refractivity contribution in [1.82, 2.24) is 20.2 Å². The summed E-state index contributed by atoms with van der Waals surface area (Å²) < 4.78 is 37.7. The molecule has 3 rings (SSSR count). The molecule has 1 fully saturated rings. The summed E-state index contributed by atoms with van der Waals surface area (Å²) >= 11 is 0. The van der Waals surface area contributed by atoms with Crippen LogP contribution >= 0.6 is 0 Å². The molecule has 0 spiro atoms. The first-order valence-corrected chi connectivity index (χ1v) is 7.10.